The third-order valence-corrected chi connectivity index (χ3v) is 3.03. The molecule has 0 unspecified atom stereocenters. The second-order valence-corrected chi connectivity index (χ2v) is 4.66. The summed E-state index contributed by atoms with van der Waals surface area (Å²) < 4.78 is 0. The number of aryl methyl sites for hydroxylation is 1. The van der Waals surface area contributed by atoms with Crippen LogP contribution < -0.4 is 5.48 Å². The van der Waals surface area contributed by atoms with Crippen LogP contribution in [0.15, 0.2) is 24.3 Å². The minimum atomic E-state index is -0.585. The Hall–Kier alpha value is -1.94. The van der Waals surface area contributed by atoms with Crippen LogP contribution in [0.2, 0.25) is 0 Å². The SMILES string of the molecule is Cc1cc(C(=O)NO)nc2c(C(C)C)cccc12. The molecule has 2 N–H and O–H groups in total. The van der Waals surface area contributed by atoms with E-state index in [2.05, 4.69) is 18.8 Å². The predicted molar refractivity (Wildman–Crippen MR) is 69.8 cm³/mol. The highest BCUT2D eigenvalue weighted by atomic mass is 16.5. The Morgan fingerprint density at radius 1 is 1.39 bits per heavy atom. The molecule has 0 bridgehead atoms. The summed E-state index contributed by atoms with van der Waals surface area (Å²) in [7, 11) is 0. The highest BCUT2D eigenvalue weighted by Crippen LogP contribution is 2.26. The van der Waals surface area contributed by atoms with Crippen LogP contribution in [0.3, 0.4) is 0 Å². The van der Waals surface area contributed by atoms with Gasteiger partial charge in [-0.3, -0.25) is 10.0 Å². The maximum Gasteiger partial charge on any atom is 0.293 e. The van der Waals surface area contributed by atoms with E-state index in [0.717, 1.165) is 22.0 Å². The van der Waals surface area contributed by atoms with E-state index >= 15 is 0 Å². The van der Waals surface area contributed by atoms with Crippen molar-refractivity contribution in [1.82, 2.24) is 10.5 Å². The Bertz CT molecular complexity index is 606. The average molecular weight is 244 g/mol. The van der Waals surface area contributed by atoms with E-state index in [4.69, 9.17) is 5.21 Å². The van der Waals surface area contributed by atoms with E-state index in [1.807, 2.05) is 25.1 Å². The zero-order valence-electron chi connectivity index (χ0n) is 10.7. The van der Waals surface area contributed by atoms with E-state index in [1.165, 1.54) is 0 Å². The molecular weight excluding hydrogens is 228 g/mol. The topological polar surface area (TPSA) is 62.2 Å². The first kappa shape index (κ1) is 12.5. The Kier molecular flexibility index (Phi) is 3.30. The van der Waals surface area contributed by atoms with Crippen LogP contribution in [0.5, 0.6) is 0 Å². The number of hydrogen-bond donors (Lipinski definition) is 2. The fourth-order valence-corrected chi connectivity index (χ4v) is 2.08. The molecule has 0 aliphatic carbocycles. The molecular formula is C14H16N2O2. The fourth-order valence-electron chi connectivity index (χ4n) is 2.08. The molecule has 0 radical (unpaired) electrons. The van der Waals surface area contributed by atoms with Crippen molar-refractivity contribution < 1.29 is 10.0 Å². The van der Waals surface area contributed by atoms with E-state index in [-0.39, 0.29) is 5.69 Å². The molecule has 0 saturated carbocycles. The maximum atomic E-state index is 11.5. The Morgan fingerprint density at radius 2 is 2.11 bits per heavy atom. The molecule has 0 fully saturated rings. The highest BCUT2D eigenvalue weighted by molar-refractivity contribution is 5.96. The number of fused-ring (bicyclic) bond motifs is 1. The summed E-state index contributed by atoms with van der Waals surface area (Å²) in [5, 5.41) is 9.73. The maximum absolute atomic E-state index is 11.5. The minimum absolute atomic E-state index is 0.232. The lowest BCUT2D eigenvalue weighted by Crippen LogP contribution is -2.20. The van der Waals surface area contributed by atoms with Gasteiger partial charge in [0.1, 0.15) is 5.69 Å². The molecule has 4 nitrogen and oxygen atoms in total. The van der Waals surface area contributed by atoms with Crippen LogP contribution in [-0.2, 0) is 0 Å². The quantitative estimate of drug-likeness (QED) is 0.630. The zero-order valence-corrected chi connectivity index (χ0v) is 10.7. The lowest BCUT2D eigenvalue weighted by molar-refractivity contribution is 0.0701. The summed E-state index contributed by atoms with van der Waals surface area (Å²) >= 11 is 0. The molecule has 0 spiro atoms. The molecule has 1 aromatic carbocycles. The van der Waals surface area contributed by atoms with Gasteiger partial charge in [0.05, 0.1) is 5.52 Å². The first-order valence-electron chi connectivity index (χ1n) is 5.89. The monoisotopic (exact) mass is 244 g/mol. The van der Waals surface area contributed by atoms with E-state index < -0.39 is 5.91 Å². The summed E-state index contributed by atoms with van der Waals surface area (Å²) in [4.78, 5) is 15.8. The van der Waals surface area contributed by atoms with Gasteiger partial charge >= 0.3 is 0 Å². The number of pyridine rings is 1. The largest absolute Gasteiger partial charge is 0.293 e. The second kappa shape index (κ2) is 4.74. The molecule has 2 aromatic rings. The Labute approximate surface area is 106 Å². The lowest BCUT2D eigenvalue weighted by atomic mass is 9.97. The Morgan fingerprint density at radius 3 is 2.72 bits per heavy atom. The average Bonchev–Trinajstić information content (AvgIpc) is 2.36. The number of hydrogen-bond acceptors (Lipinski definition) is 3. The highest BCUT2D eigenvalue weighted by Gasteiger charge is 2.13. The van der Waals surface area contributed by atoms with Crippen molar-refractivity contribution in [3.8, 4) is 0 Å². The van der Waals surface area contributed by atoms with E-state index in [9.17, 15) is 4.79 Å². The summed E-state index contributed by atoms with van der Waals surface area (Å²) in [6, 6.07) is 7.68. The van der Waals surface area contributed by atoms with Gasteiger partial charge in [0.15, 0.2) is 0 Å². The molecule has 18 heavy (non-hydrogen) atoms. The number of para-hydroxylation sites is 1. The number of aromatic nitrogens is 1. The molecule has 0 atom stereocenters. The van der Waals surface area contributed by atoms with Crippen molar-refractivity contribution in [2.45, 2.75) is 26.7 Å². The fraction of sp³-hybridized carbons (Fsp3) is 0.286. The normalized spacial score (nSPS) is 10.9. The van der Waals surface area contributed by atoms with Gasteiger partial charge in [0.25, 0.3) is 5.91 Å². The van der Waals surface area contributed by atoms with Crippen molar-refractivity contribution in [3.63, 3.8) is 0 Å². The van der Waals surface area contributed by atoms with Gasteiger partial charge in [-0.25, -0.2) is 10.5 Å². The summed E-state index contributed by atoms with van der Waals surface area (Å²) in [5.41, 5.74) is 4.75. The van der Waals surface area contributed by atoms with Crippen LogP contribution in [-0.4, -0.2) is 16.1 Å². The first-order valence-corrected chi connectivity index (χ1v) is 5.89. The lowest BCUT2D eigenvalue weighted by Gasteiger charge is -2.12. The van der Waals surface area contributed by atoms with Crippen LogP contribution in [0.25, 0.3) is 10.9 Å². The van der Waals surface area contributed by atoms with Crippen LogP contribution >= 0.6 is 0 Å². The van der Waals surface area contributed by atoms with E-state index in [1.54, 1.807) is 11.5 Å². The number of nitrogens with zero attached hydrogens (tertiary/aromatic N) is 1. The number of amides is 1. The third kappa shape index (κ3) is 2.07. The van der Waals surface area contributed by atoms with Crippen molar-refractivity contribution in [2.75, 3.05) is 0 Å². The van der Waals surface area contributed by atoms with Gasteiger partial charge in [0.2, 0.25) is 0 Å². The van der Waals surface area contributed by atoms with Gasteiger partial charge in [-0.15, -0.1) is 0 Å². The minimum Gasteiger partial charge on any atom is -0.288 e. The standard InChI is InChI=1S/C14H16N2O2/c1-8(2)10-5-4-6-11-9(3)7-12(14(17)16-18)15-13(10)11/h4-8,18H,1-3H3,(H,16,17). The first-order chi connectivity index (χ1) is 8.54. The summed E-state index contributed by atoms with van der Waals surface area (Å²) in [6.45, 7) is 6.11. The van der Waals surface area contributed by atoms with Crippen LogP contribution in [0.4, 0.5) is 0 Å². The van der Waals surface area contributed by atoms with Crippen molar-refractivity contribution >= 4 is 16.8 Å². The molecule has 94 valence electrons. The van der Waals surface area contributed by atoms with Crippen LogP contribution in [0, 0.1) is 6.92 Å². The number of hydroxylamine groups is 1. The summed E-state index contributed by atoms with van der Waals surface area (Å²) in [5.74, 6) is -0.258. The van der Waals surface area contributed by atoms with Gasteiger partial charge in [-0.1, -0.05) is 32.0 Å². The van der Waals surface area contributed by atoms with Gasteiger partial charge in [-0.2, -0.15) is 0 Å². The van der Waals surface area contributed by atoms with Gasteiger partial charge < -0.3 is 0 Å². The van der Waals surface area contributed by atoms with Crippen molar-refractivity contribution in [3.05, 3.63) is 41.1 Å². The smallest absolute Gasteiger partial charge is 0.288 e. The predicted octanol–water partition coefficient (Wildman–Crippen LogP) is 2.79. The number of benzene rings is 1. The molecule has 0 aliphatic heterocycles. The molecule has 2 rings (SSSR count). The zero-order chi connectivity index (χ0) is 13.3. The molecule has 0 aliphatic rings. The van der Waals surface area contributed by atoms with Crippen molar-refractivity contribution in [1.29, 1.82) is 0 Å². The number of rotatable bonds is 2. The molecule has 1 amide bonds. The van der Waals surface area contributed by atoms with Crippen LogP contribution in [0.1, 0.15) is 41.4 Å². The Balaban J connectivity index is 2.76. The second-order valence-electron chi connectivity index (χ2n) is 4.66. The molecule has 4 heteroatoms. The summed E-state index contributed by atoms with van der Waals surface area (Å²) in [6.07, 6.45) is 0. The van der Waals surface area contributed by atoms with Crippen molar-refractivity contribution in [2.24, 2.45) is 0 Å². The molecule has 1 aromatic heterocycles. The number of carbonyl (C=O) groups excluding carboxylic acids is 1. The number of carbonyl (C=O) groups is 1. The van der Waals surface area contributed by atoms with Gasteiger partial charge in [0, 0.05) is 5.39 Å². The molecule has 0 saturated heterocycles. The van der Waals surface area contributed by atoms with E-state index in [0.29, 0.717) is 5.92 Å². The molecule has 1 heterocycles. The number of nitrogens with one attached hydrogen (secondary N) is 1. The van der Waals surface area contributed by atoms with Gasteiger partial charge in [-0.05, 0) is 30.0 Å². The third-order valence-electron chi connectivity index (χ3n) is 3.03.